The third-order valence-electron chi connectivity index (χ3n) is 2.49. The number of nitrogens with zero attached hydrogens (tertiary/aromatic N) is 2. The first kappa shape index (κ1) is 12.5. The second-order valence-corrected chi connectivity index (χ2v) is 4.31. The lowest BCUT2D eigenvalue weighted by atomic mass is 10.0. The van der Waals surface area contributed by atoms with Crippen molar-refractivity contribution in [2.24, 2.45) is 0 Å². The van der Waals surface area contributed by atoms with Gasteiger partial charge < -0.3 is 9.84 Å². The molecule has 0 aliphatic rings. The van der Waals surface area contributed by atoms with E-state index in [0.29, 0.717) is 0 Å². The smallest absolute Gasteiger partial charge is 0.119 e. The topological polar surface area (TPSA) is 55.2 Å². The van der Waals surface area contributed by atoms with Gasteiger partial charge in [0.2, 0.25) is 0 Å². The van der Waals surface area contributed by atoms with Crippen molar-refractivity contribution in [2.75, 3.05) is 0 Å². The maximum absolute atomic E-state index is 10.2. The first-order valence-electron chi connectivity index (χ1n) is 5.88. The van der Waals surface area contributed by atoms with E-state index < -0.39 is 6.10 Å². The molecule has 0 aliphatic heterocycles. The number of hydrogen-bond acceptors (Lipinski definition) is 4. The molecule has 94 valence electrons. The minimum absolute atomic E-state index is 0.144. The van der Waals surface area contributed by atoms with Crippen LogP contribution in [0.25, 0.3) is 0 Å². The molecule has 0 amide bonds. The molecule has 0 saturated carbocycles. The Morgan fingerprint density at radius 2 is 1.72 bits per heavy atom. The molecule has 2 aromatic rings. The maximum Gasteiger partial charge on any atom is 0.119 e. The van der Waals surface area contributed by atoms with Crippen LogP contribution in [0.15, 0.2) is 42.7 Å². The molecule has 0 aliphatic carbocycles. The number of benzene rings is 1. The third kappa shape index (κ3) is 3.05. The summed E-state index contributed by atoms with van der Waals surface area (Å²) in [4.78, 5) is 0. The minimum Gasteiger partial charge on any atom is -0.491 e. The predicted octanol–water partition coefficient (Wildman–Crippen LogP) is 2.35. The van der Waals surface area contributed by atoms with Crippen LogP contribution in [0, 0.1) is 0 Å². The van der Waals surface area contributed by atoms with Crippen LogP contribution in [-0.2, 0) is 0 Å². The van der Waals surface area contributed by atoms with Crippen LogP contribution in [0.5, 0.6) is 5.75 Å². The van der Waals surface area contributed by atoms with Crippen molar-refractivity contribution in [3.8, 4) is 5.75 Å². The molecule has 4 heteroatoms. The normalized spacial score (nSPS) is 12.4. The van der Waals surface area contributed by atoms with Crippen LogP contribution in [-0.4, -0.2) is 21.4 Å². The molecule has 0 spiro atoms. The molecule has 4 nitrogen and oxygen atoms in total. The van der Waals surface area contributed by atoms with E-state index in [2.05, 4.69) is 10.2 Å². The Morgan fingerprint density at radius 1 is 1.00 bits per heavy atom. The average Bonchev–Trinajstić information content (AvgIpc) is 2.39. The first-order valence-corrected chi connectivity index (χ1v) is 5.88. The standard InChI is InChI=1S/C14H16N2O2/c1-10(2)18-13-5-3-11(4-6-13)14(17)12-7-8-15-16-9-12/h3-10,14,17H,1-2H3. The van der Waals surface area contributed by atoms with E-state index in [-0.39, 0.29) is 6.10 Å². The van der Waals surface area contributed by atoms with E-state index in [1.54, 1.807) is 18.5 Å². The Hall–Kier alpha value is -1.94. The zero-order valence-corrected chi connectivity index (χ0v) is 10.4. The van der Waals surface area contributed by atoms with E-state index in [9.17, 15) is 5.11 Å². The van der Waals surface area contributed by atoms with Gasteiger partial charge in [-0.15, -0.1) is 0 Å². The van der Waals surface area contributed by atoms with Crippen molar-refractivity contribution in [1.82, 2.24) is 10.2 Å². The van der Waals surface area contributed by atoms with Crippen molar-refractivity contribution in [1.29, 1.82) is 0 Å². The second-order valence-electron chi connectivity index (χ2n) is 4.31. The summed E-state index contributed by atoms with van der Waals surface area (Å²) in [5.41, 5.74) is 1.53. The fourth-order valence-corrected chi connectivity index (χ4v) is 1.66. The molecule has 0 radical (unpaired) electrons. The summed E-state index contributed by atoms with van der Waals surface area (Å²) in [6.07, 6.45) is 2.58. The molecule has 0 fully saturated rings. The molecule has 2 rings (SSSR count). The highest BCUT2D eigenvalue weighted by Crippen LogP contribution is 2.23. The van der Waals surface area contributed by atoms with Gasteiger partial charge in [-0.25, -0.2) is 0 Å². The van der Waals surface area contributed by atoms with Crippen molar-refractivity contribution < 1.29 is 9.84 Å². The highest BCUT2D eigenvalue weighted by molar-refractivity contribution is 5.32. The monoisotopic (exact) mass is 244 g/mol. The van der Waals surface area contributed by atoms with Crippen molar-refractivity contribution in [2.45, 2.75) is 26.1 Å². The van der Waals surface area contributed by atoms with E-state index in [4.69, 9.17) is 4.74 Å². The lowest BCUT2D eigenvalue weighted by Gasteiger charge is -2.13. The fourth-order valence-electron chi connectivity index (χ4n) is 1.66. The Morgan fingerprint density at radius 3 is 2.28 bits per heavy atom. The molecule has 1 atom stereocenters. The number of aliphatic hydroxyl groups is 1. The van der Waals surface area contributed by atoms with Gasteiger partial charge in [0.25, 0.3) is 0 Å². The quantitative estimate of drug-likeness (QED) is 0.897. The lowest BCUT2D eigenvalue weighted by molar-refractivity contribution is 0.218. The van der Waals surface area contributed by atoms with Crippen LogP contribution in [0.3, 0.4) is 0 Å². The van der Waals surface area contributed by atoms with Gasteiger partial charge in [-0.3, -0.25) is 0 Å². The summed E-state index contributed by atoms with van der Waals surface area (Å²) in [7, 11) is 0. The molecule has 1 N–H and O–H groups in total. The Kier molecular flexibility index (Phi) is 3.89. The van der Waals surface area contributed by atoms with Crippen molar-refractivity contribution >= 4 is 0 Å². The fraction of sp³-hybridized carbons (Fsp3) is 0.286. The van der Waals surface area contributed by atoms with Crippen molar-refractivity contribution in [3.05, 3.63) is 53.9 Å². The zero-order chi connectivity index (χ0) is 13.0. The van der Waals surface area contributed by atoms with Crippen LogP contribution >= 0.6 is 0 Å². The average molecular weight is 244 g/mol. The SMILES string of the molecule is CC(C)Oc1ccc(C(O)c2ccnnc2)cc1. The predicted molar refractivity (Wildman–Crippen MR) is 68.3 cm³/mol. The number of aliphatic hydroxyl groups excluding tert-OH is 1. The summed E-state index contributed by atoms with van der Waals surface area (Å²) in [6.45, 7) is 3.96. The highest BCUT2D eigenvalue weighted by Gasteiger charge is 2.10. The van der Waals surface area contributed by atoms with E-state index in [1.807, 2.05) is 38.1 Å². The van der Waals surface area contributed by atoms with Crippen LogP contribution < -0.4 is 4.74 Å². The minimum atomic E-state index is -0.686. The van der Waals surface area contributed by atoms with Crippen molar-refractivity contribution in [3.63, 3.8) is 0 Å². The van der Waals surface area contributed by atoms with E-state index >= 15 is 0 Å². The van der Waals surface area contributed by atoms with Gasteiger partial charge in [-0.2, -0.15) is 10.2 Å². The lowest BCUT2D eigenvalue weighted by Crippen LogP contribution is -2.06. The Bertz CT molecular complexity index is 483. The molecule has 1 aromatic carbocycles. The van der Waals surface area contributed by atoms with Gasteiger partial charge in [-0.1, -0.05) is 12.1 Å². The molecule has 0 saturated heterocycles. The Labute approximate surface area is 106 Å². The van der Waals surface area contributed by atoms with Gasteiger partial charge in [0.15, 0.2) is 0 Å². The molecule has 1 unspecified atom stereocenters. The van der Waals surface area contributed by atoms with Gasteiger partial charge in [0.1, 0.15) is 11.9 Å². The van der Waals surface area contributed by atoms with Crippen LogP contribution in [0.2, 0.25) is 0 Å². The molecule has 0 bridgehead atoms. The van der Waals surface area contributed by atoms with E-state index in [1.165, 1.54) is 0 Å². The largest absolute Gasteiger partial charge is 0.491 e. The summed E-state index contributed by atoms with van der Waals surface area (Å²) >= 11 is 0. The summed E-state index contributed by atoms with van der Waals surface area (Å²) in [6, 6.07) is 9.15. The van der Waals surface area contributed by atoms with Gasteiger partial charge >= 0.3 is 0 Å². The summed E-state index contributed by atoms with van der Waals surface area (Å²) in [5.74, 6) is 0.800. The molecule has 18 heavy (non-hydrogen) atoms. The Balaban J connectivity index is 2.14. The third-order valence-corrected chi connectivity index (χ3v) is 2.49. The van der Waals surface area contributed by atoms with Crippen LogP contribution in [0.4, 0.5) is 0 Å². The zero-order valence-electron chi connectivity index (χ0n) is 10.4. The summed E-state index contributed by atoms with van der Waals surface area (Å²) in [5, 5.41) is 17.6. The van der Waals surface area contributed by atoms with E-state index in [0.717, 1.165) is 16.9 Å². The molecule has 1 heterocycles. The molecular weight excluding hydrogens is 228 g/mol. The van der Waals surface area contributed by atoms with Gasteiger partial charge in [0, 0.05) is 11.8 Å². The molecular formula is C14H16N2O2. The summed E-state index contributed by atoms with van der Waals surface area (Å²) < 4.78 is 5.55. The second kappa shape index (κ2) is 5.60. The highest BCUT2D eigenvalue weighted by atomic mass is 16.5. The number of rotatable bonds is 4. The molecule has 1 aromatic heterocycles. The van der Waals surface area contributed by atoms with Gasteiger partial charge in [0.05, 0.1) is 12.3 Å². The number of ether oxygens (including phenoxy) is 1. The van der Waals surface area contributed by atoms with Gasteiger partial charge in [-0.05, 0) is 37.6 Å². The van der Waals surface area contributed by atoms with Crippen LogP contribution in [0.1, 0.15) is 31.1 Å². The number of aromatic nitrogens is 2. The maximum atomic E-state index is 10.2. The number of hydrogen-bond donors (Lipinski definition) is 1. The first-order chi connectivity index (χ1) is 8.66.